The molecule has 212 valence electrons. The van der Waals surface area contributed by atoms with Crippen LogP contribution >= 0.6 is 0 Å². The Labute approximate surface area is 226 Å². The molecule has 4 heteroatoms. The number of carboxylic acids is 1. The highest BCUT2D eigenvalue weighted by Crippen LogP contribution is 2.69. The third-order valence-corrected chi connectivity index (χ3v) is 13.6. The Kier molecular flexibility index (Phi) is 8.12. The highest BCUT2D eigenvalue weighted by molar-refractivity contribution is 5.70. The predicted molar refractivity (Wildman–Crippen MR) is 148 cm³/mol. The molecule has 0 aliphatic heterocycles. The maximum atomic E-state index is 11.9. The molecule has 0 amide bonds. The standard InChI is InChI=1S/C33H56O4/c1-5-23-28-19-22(34)15-17-33(28,4)27-16-18-32(3)25(13-14-26(32)29(27)30(23)35)20(2)9-8-11-21-10-6-7-12-24(21)31(36)37/h20-30,34-35H,5-19H2,1-4H3,(H,36,37)/t20-,21?,22-,23-,24?,25-,26?,27?,28+,29?,30?,32-,33-/m1/s1. The van der Waals surface area contributed by atoms with Gasteiger partial charge < -0.3 is 15.3 Å². The van der Waals surface area contributed by atoms with E-state index in [1.165, 1.54) is 44.9 Å². The molecule has 0 saturated heterocycles. The van der Waals surface area contributed by atoms with Crippen LogP contribution in [0.3, 0.4) is 0 Å². The van der Waals surface area contributed by atoms with E-state index < -0.39 is 5.97 Å². The Bertz CT molecular complexity index is 812. The van der Waals surface area contributed by atoms with E-state index in [1.807, 2.05) is 0 Å². The van der Waals surface area contributed by atoms with Gasteiger partial charge in [-0.2, -0.15) is 0 Å². The minimum Gasteiger partial charge on any atom is -0.481 e. The summed E-state index contributed by atoms with van der Waals surface area (Å²) in [7, 11) is 0. The summed E-state index contributed by atoms with van der Waals surface area (Å²) in [6, 6.07) is 0. The quantitative estimate of drug-likeness (QED) is 0.331. The Hall–Kier alpha value is -0.610. The molecule has 13 atom stereocenters. The summed E-state index contributed by atoms with van der Waals surface area (Å²) in [5.41, 5.74) is 0.598. The molecule has 4 nitrogen and oxygen atoms in total. The number of aliphatic hydroxyl groups is 2. The SMILES string of the molecule is CC[C@H]1C(O)C2C3CC[C@H]([C@H](C)CCCC4CCCCC4C(=O)O)[C@@]3(C)CCC2[C@@]2(C)CC[C@@H](O)C[C@@H]12. The van der Waals surface area contributed by atoms with Gasteiger partial charge in [-0.3, -0.25) is 4.79 Å². The Morgan fingerprint density at radius 1 is 0.919 bits per heavy atom. The van der Waals surface area contributed by atoms with Crippen molar-refractivity contribution >= 4 is 5.97 Å². The zero-order chi connectivity index (χ0) is 26.5. The van der Waals surface area contributed by atoms with Gasteiger partial charge in [-0.1, -0.05) is 59.8 Å². The third-order valence-electron chi connectivity index (χ3n) is 13.6. The number of carboxylic acid groups (broad SMARTS) is 1. The molecule has 3 N–H and O–H groups in total. The second kappa shape index (κ2) is 10.8. The highest BCUT2D eigenvalue weighted by Gasteiger charge is 2.64. The smallest absolute Gasteiger partial charge is 0.306 e. The number of fused-ring (bicyclic) bond motifs is 5. The first-order chi connectivity index (χ1) is 17.6. The van der Waals surface area contributed by atoms with Gasteiger partial charge in [0.25, 0.3) is 0 Å². The molecule has 5 saturated carbocycles. The molecule has 5 fully saturated rings. The van der Waals surface area contributed by atoms with Crippen molar-refractivity contribution in [2.75, 3.05) is 0 Å². The van der Waals surface area contributed by atoms with Crippen molar-refractivity contribution in [3.8, 4) is 0 Å². The van der Waals surface area contributed by atoms with E-state index in [0.29, 0.717) is 46.8 Å². The van der Waals surface area contributed by atoms with E-state index in [4.69, 9.17) is 0 Å². The molecule has 0 bridgehead atoms. The third kappa shape index (κ3) is 4.72. The van der Waals surface area contributed by atoms with Crippen LogP contribution in [0.15, 0.2) is 0 Å². The average molecular weight is 517 g/mol. The largest absolute Gasteiger partial charge is 0.481 e. The number of aliphatic hydroxyl groups excluding tert-OH is 2. The van der Waals surface area contributed by atoms with Crippen LogP contribution in [0, 0.1) is 64.1 Å². The Morgan fingerprint density at radius 2 is 1.62 bits per heavy atom. The monoisotopic (exact) mass is 516 g/mol. The fourth-order valence-corrected chi connectivity index (χ4v) is 11.7. The van der Waals surface area contributed by atoms with Gasteiger partial charge >= 0.3 is 5.97 Å². The van der Waals surface area contributed by atoms with Crippen molar-refractivity contribution in [3.05, 3.63) is 0 Å². The fourth-order valence-electron chi connectivity index (χ4n) is 11.7. The molecule has 0 spiro atoms. The van der Waals surface area contributed by atoms with Gasteiger partial charge in [0.15, 0.2) is 0 Å². The molecule has 5 aliphatic rings. The summed E-state index contributed by atoms with van der Waals surface area (Å²) in [6.45, 7) is 9.85. The second-order valence-electron chi connectivity index (χ2n) is 15.0. The van der Waals surface area contributed by atoms with Crippen LogP contribution in [0.5, 0.6) is 0 Å². The van der Waals surface area contributed by atoms with Crippen molar-refractivity contribution in [2.45, 2.75) is 136 Å². The molecule has 0 radical (unpaired) electrons. The van der Waals surface area contributed by atoms with Crippen molar-refractivity contribution in [1.82, 2.24) is 0 Å². The first-order valence-corrected chi connectivity index (χ1v) is 16.2. The van der Waals surface area contributed by atoms with Crippen LogP contribution in [0.4, 0.5) is 0 Å². The lowest BCUT2D eigenvalue weighted by molar-refractivity contribution is -0.203. The molecule has 0 heterocycles. The number of hydrogen-bond donors (Lipinski definition) is 3. The summed E-state index contributed by atoms with van der Waals surface area (Å²) in [6.07, 6.45) is 16.5. The van der Waals surface area contributed by atoms with E-state index in [2.05, 4.69) is 27.7 Å². The maximum Gasteiger partial charge on any atom is 0.306 e. The van der Waals surface area contributed by atoms with Gasteiger partial charge in [0, 0.05) is 0 Å². The van der Waals surface area contributed by atoms with Crippen LogP contribution in [0.1, 0.15) is 124 Å². The lowest BCUT2D eigenvalue weighted by atomic mass is 9.41. The first kappa shape index (κ1) is 27.9. The highest BCUT2D eigenvalue weighted by atomic mass is 16.4. The van der Waals surface area contributed by atoms with Crippen LogP contribution in [0.25, 0.3) is 0 Å². The number of rotatable bonds is 7. The molecular weight excluding hydrogens is 460 g/mol. The van der Waals surface area contributed by atoms with Crippen molar-refractivity contribution < 1.29 is 20.1 Å². The minimum atomic E-state index is -0.569. The number of aliphatic carboxylic acids is 1. The van der Waals surface area contributed by atoms with Crippen LogP contribution in [-0.4, -0.2) is 33.5 Å². The van der Waals surface area contributed by atoms with Gasteiger partial charge in [-0.15, -0.1) is 0 Å². The molecule has 0 aromatic carbocycles. The lowest BCUT2D eigenvalue weighted by Gasteiger charge is -2.64. The Morgan fingerprint density at radius 3 is 2.35 bits per heavy atom. The van der Waals surface area contributed by atoms with Gasteiger partial charge in [-0.05, 0) is 122 Å². The molecule has 0 aromatic rings. The van der Waals surface area contributed by atoms with Gasteiger partial charge in [-0.25, -0.2) is 0 Å². The number of hydrogen-bond acceptors (Lipinski definition) is 3. The van der Waals surface area contributed by atoms with E-state index in [0.717, 1.165) is 57.3 Å². The van der Waals surface area contributed by atoms with Gasteiger partial charge in [0.05, 0.1) is 18.1 Å². The number of carbonyl (C=O) groups is 1. The Balaban J connectivity index is 1.27. The van der Waals surface area contributed by atoms with Gasteiger partial charge in [0.2, 0.25) is 0 Å². The minimum absolute atomic E-state index is 0.113. The van der Waals surface area contributed by atoms with E-state index in [9.17, 15) is 20.1 Å². The topological polar surface area (TPSA) is 77.8 Å². The summed E-state index contributed by atoms with van der Waals surface area (Å²) < 4.78 is 0. The first-order valence-electron chi connectivity index (χ1n) is 16.2. The fraction of sp³-hybridized carbons (Fsp3) is 0.970. The zero-order valence-electron chi connectivity index (χ0n) is 24.2. The van der Waals surface area contributed by atoms with Crippen LogP contribution in [-0.2, 0) is 4.79 Å². The average Bonchev–Trinajstić information content (AvgIpc) is 3.22. The van der Waals surface area contributed by atoms with E-state index in [1.54, 1.807) is 0 Å². The maximum absolute atomic E-state index is 11.9. The normalized spacial score (nSPS) is 50.5. The van der Waals surface area contributed by atoms with Crippen LogP contribution < -0.4 is 0 Å². The molecule has 6 unspecified atom stereocenters. The van der Waals surface area contributed by atoms with Gasteiger partial charge in [0.1, 0.15) is 0 Å². The van der Waals surface area contributed by atoms with Crippen molar-refractivity contribution in [1.29, 1.82) is 0 Å². The summed E-state index contributed by atoms with van der Waals surface area (Å²) in [5.74, 6) is 3.56. The molecular formula is C33H56O4. The second-order valence-corrected chi connectivity index (χ2v) is 15.0. The molecule has 5 rings (SSSR count). The summed E-state index contributed by atoms with van der Waals surface area (Å²) >= 11 is 0. The summed E-state index contributed by atoms with van der Waals surface area (Å²) in [4.78, 5) is 11.8. The molecule has 0 aromatic heterocycles. The zero-order valence-corrected chi connectivity index (χ0v) is 24.2. The van der Waals surface area contributed by atoms with Crippen molar-refractivity contribution in [2.24, 2.45) is 64.1 Å². The molecule has 5 aliphatic carbocycles. The predicted octanol–water partition coefficient (Wildman–Crippen LogP) is 7.31. The summed E-state index contributed by atoms with van der Waals surface area (Å²) in [5, 5.41) is 32.1. The van der Waals surface area contributed by atoms with Crippen LogP contribution in [0.2, 0.25) is 0 Å². The van der Waals surface area contributed by atoms with Crippen molar-refractivity contribution in [3.63, 3.8) is 0 Å². The lowest BCUT2D eigenvalue weighted by Crippen LogP contribution is -2.62. The van der Waals surface area contributed by atoms with E-state index in [-0.39, 0.29) is 23.5 Å². The molecule has 37 heavy (non-hydrogen) atoms. The van der Waals surface area contributed by atoms with E-state index >= 15 is 0 Å².